The van der Waals surface area contributed by atoms with Gasteiger partial charge in [0.05, 0.1) is 35.9 Å². The number of aromatic nitrogens is 2. The molecule has 2 radical (unpaired) electrons. The fourth-order valence-corrected chi connectivity index (χ4v) is 2.20. The third kappa shape index (κ3) is 2.63. The number of rotatable bonds is 3. The van der Waals surface area contributed by atoms with Gasteiger partial charge in [0, 0.05) is 0 Å². The molecule has 3 rings (SSSR count). The molecule has 0 spiro atoms. The van der Waals surface area contributed by atoms with Crippen LogP contribution in [-0.4, -0.2) is 30.9 Å². The van der Waals surface area contributed by atoms with Gasteiger partial charge in [0.15, 0.2) is 5.82 Å². The van der Waals surface area contributed by atoms with Gasteiger partial charge in [-0.05, 0) is 18.2 Å². The number of hydrogen-bond acceptors (Lipinski definition) is 4. The van der Waals surface area contributed by atoms with Crippen LogP contribution in [0.4, 0.5) is 20.2 Å². The highest BCUT2D eigenvalue weighted by Crippen LogP contribution is 2.30. The average molecular weight is 313 g/mol. The number of fused-ring (bicyclic) bond motifs is 1. The molecule has 0 fully saturated rings. The van der Waals surface area contributed by atoms with Crippen LogP contribution in [0.15, 0.2) is 30.6 Å². The van der Waals surface area contributed by atoms with E-state index in [1.165, 1.54) is 31.6 Å². The van der Waals surface area contributed by atoms with Crippen LogP contribution in [0.1, 0.15) is 10.4 Å². The molecular weight excluding hydrogens is 303 g/mol. The summed E-state index contributed by atoms with van der Waals surface area (Å²) in [5, 5.41) is 2.57. The predicted molar refractivity (Wildman–Crippen MR) is 82.5 cm³/mol. The van der Waals surface area contributed by atoms with Gasteiger partial charge in [-0.15, -0.1) is 0 Å². The van der Waals surface area contributed by atoms with Crippen molar-refractivity contribution in [2.75, 3.05) is 12.4 Å². The molecule has 114 valence electrons. The van der Waals surface area contributed by atoms with Crippen LogP contribution in [0.25, 0.3) is 11.0 Å². The van der Waals surface area contributed by atoms with Crippen molar-refractivity contribution in [1.82, 2.24) is 9.97 Å². The Hall–Kier alpha value is -2.90. The van der Waals surface area contributed by atoms with Crippen molar-refractivity contribution >= 4 is 41.7 Å². The molecular formula is C15H10BF2N3O2. The van der Waals surface area contributed by atoms with Crippen molar-refractivity contribution in [1.29, 1.82) is 0 Å². The zero-order chi connectivity index (χ0) is 16.6. The van der Waals surface area contributed by atoms with E-state index in [4.69, 9.17) is 7.85 Å². The number of carbonyl (C=O) groups is 1. The molecule has 0 atom stereocenters. The maximum atomic E-state index is 14.7. The SMILES string of the molecule is [B]c1ccc(Nc2c(C(=O)OC)cc3[nH]cnc3c2F)c(F)c1. The number of imidazole rings is 1. The number of hydrogen-bond donors (Lipinski definition) is 2. The highest BCUT2D eigenvalue weighted by atomic mass is 19.1. The number of methoxy groups -OCH3 is 1. The standard InChI is InChI=1S/C15H10BF2N3O2/c1-23-15(22)8-5-11-14(20-6-19-11)12(18)13(8)21-10-3-2-7(16)4-9(10)17/h2-6,21H,1H3,(H,19,20). The van der Waals surface area contributed by atoms with Gasteiger partial charge in [-0.2, -0.15) is 0 Å². The first kappa shape index (κ1) is 15.0. The van der Waals surface area contributed by atoms with E-state index in [9.17, 15) is 13.6 Å². The maximum absolute atomic E-state index is 14.7. The minimum Gasteiger partial charge on any atom is -0.465 e. The van der Waals surface area contributed by atoms with Gasteiger partial charge in [0.1, 0.15) is 19.2 Å². The number of benzene rings is 2. The van der Waals surface area contributed by atoms with E-state index in [2.05, 4.69) is 20.0 Å². The molecule has 1 aromatic heterocycles. The number of ether oxygens (including phenoxy) is 1. The summed E-state index contributed by atoms with van der Waals surface area (Å²) in [7, 11) is 6.65. The quantitative estimate of drug-likeness (QED) is 0.574. The summed E-state index contributed by atoms with van der Waals surface area (Å²) >= 11 is 0. The number of nitrogens with zero attached hydrogens (tertiary/aromatic N) is 1. The van der Waals surface area contributed by atoms with Gasteiger partial charge in [-0.1, -0.05) is 11.5 Å². The Bertz CT molecular complexity index is 911. The molecule has 0 unspecified atom stereocenters. The van der Waals surface area contributed by atoms with Crippen molar-refractivity contribution in [2.24, 2.45) is 0 Å². The summed E-state index contributed by atoms with van der Waals surface area (Å²) in [4.78, 5) is 18.5. The number of H-pyrrole nitrogens is 1. The molecule has 0 saturated heterocycles. The van der Waals surface area contributed by atoms with E-state index in [0.29, 0.717) is 5.52 Å². The molecule has 0 aliphatic carbocycles. The summed E-state index contributed by atoms with van der Waals surface area (Å²) in [5.41, 5.74) is 0.239. The smallest absolute Gasteiger partial charge is 0.340 e. The number of anilines is 2. The van der Waals surface area contributed by atoms with Crippen LogP contribution in [0, 0.1) is 11.6 Å². The number of carbonyl (C=O) groups excluding carboxylic acids is 1. The highest BCUT2D eigenvalue weighted by molar-refractivity contribution is 6.32. The third-order valence-corrected chi connectivity index (χ3v) is 3.31. The Labute approximate surface area is 131 Å². The summed E-state index contributed by atoms with van der Waals surface area (Å²) in [6.07, 6.45) is 1.29. The molecule has 2 aromatic carbocycles. The number of aromatic amines is 1. The van der Waals surface area contributed by atoms with E-state index < -0.39 is 17.6 Å². The monoisotopic (exact) mass is 313 g/mol. The zero-order valence-electron chi connectivity index (χ0n) is 12.0. The minimum atomic E-state index is -0.791. The lowest BCUT2D eigenvalue weighted by atomic mass is 9.96. The van der Waals surface area contributed by atoms with Gasteiger partial charge in [-0.25, -0.2) is 18.6 Å². The molecule has 23 heavy (non-hydrogen) atoms. The van der Waals surface area contributed by atoms with Gasteiger partial charge in [-0.3, -0.25) is 0 Å². The average Bonchev–Trinajstić information content (AvgIpc) is 3.00. The Balaban J connectivity index is 2.17. The van der Waals surface area contributed by atoms with E-state index >= 15 is 0 Å². The molecule has 2 N–H and O–H groups in total. The summed E-state index contributed by atoms with van der Waals surface area (Å²) in [6, 6.07) is 5.27. The summed E-state index contributed by atoms with van der Waals surface area (Å²) in [6.45, 7) is 0. The first-order chi connectivity index (χ1) is 11.0. The lowest BCUT2D eigenvalue weighted by Crippen LogP contribution is -2.10. The topological polar surface area (TPSA) is 67.0 Å². The van der Waals surface area contributed by atoms with Crippen LogP contribution >= 0.6 is 0 Å². The Morgan fingerprint density at radius 2 is 2.13 bits per heavy atom. The second-order valence-electron chi connectivity index (χ2n) is 4.77. The number of esters is 1. The lowest BCUT2D eigenvalue weighted by Gasteiger charge is -2.13. The molecule has 0 saturated carbocycles. The van der Waals surface area contributed by atoms with Gasteiger partial charge in [0.25, 0.3) is 0 Å². The highest BCUT2D eigenvalue weighted by Gasteiger charge is 2.21. The third-order valence-electron chi connectivity index (χ3n) is 3.31. The van der Waals surface area contributed by atoms with Crippen LogP contribution in [0.3, 0.4) is 0 Å². The van der Waals surface area contributed by atoms with Crippen LogP contribution in [-0.2, 0) is 4.74 Å². The fraction of sp³-hybridized carbons (Fsp3) is 0.0667. The molecule has 8 heteroatoms. The second kappa shape index (κ2) is 5.71. The molecule has 0 aliphatic rings. The number of nitrogens with one attached hydrogen (secondary N) is 2. The van der Waals surface area contributed by atoms with Crippen molar-refractivity contribution in [3.63, 3.8) is 0 Å². The predicted octanol–water partition coefficient (Wildman–Crippen LogP) is 2.17. The lowest BCUT2D eigenvalue weighted by molar-refractivity contribution is 0.0601. The van der Waals surface area contributed by atoms with E-state index in [1.54, 1.807) is 0 Å². The van der Waals surface area contributed by atoms with E-state index in [-0.39, 0.29) is 27.9 Å². The van der Waals surface area contributed by atoms with E-state index in [0.717, 1.165) is 6.07 Å². The van der Waals surface area contributed by atoms with Gasteiger partial charge in [0.2, 0.25) is 0 Å². The first-order valence-electron chi connectivity index (χ1n) is 6.57. The van der Waals surface area contributed by atoms with Crippen molar-refractivity contribution in [3.05, 3.63) is 47.8 Å². The van der Waals surface area contributed by atoms with Crippen molar-refractivity contribution in [2.45, 2.75) is 0 Å². The van der Waals surface area contributed by atoms with Crippen LogP contribution in [0.5, 0.6) is 0 Å². The van der Waals surface area contributed by atoms with Gasteiger partial charge < -0.3 is 15.0 Å². The Morgan fingerprint density at radius 3 is 2.83 bits per heavy atom. The van der Waals surface area contributed by atoms with Gasteiger partial charge >= 0.3 is 5.97 Å². The zero-order valence-corrected chi connectivity index (χ0v) is 12.0. The van der Waals surface area contributed by atoms with Crippen LogP contribution < -0.4 is 10.8 Å². The molecule has 1 heterocycles. The molecule has 0 aliphatic heterocycles. The second-order valence-corrected chi connectivity index (χ2v) is 4.77. The Kier molecular flexibility index (Phi) is 3.73. The number of halogens is 2. The Morgan fingerprint density at radius 1 is 1.35 bits per heavy atom. The first-order valence-corrected chi connectivity index (χ1v) is 6.57. The van der Waals surface area contributed by atoms with Crippen molar-refractivity contribution in [3.8, 4) is 0 Å². The maximum Gasteiger partial charge on any atom is 0.340 e. The summed E-state index contributed by atoms with van der Waals surface area (Å²) < 4.78 is 33.2. The fourth-order valence-electron chi connectivity index (χ4n) is 2.20. The molecule has 0 bridgehead atoms. The minimum absolute atomic E-state index is 0.0241. The van der Waals surface area contributed by atoms with Crippen molar-refractivity contribution < 1.29 is 18.3 Å². The molecule has 3 aromatic rings. The van der Waals surface area contributed by atoms with Crippen LogP contribution in [0.2, 0.25) is 0 Å². The molecule has 0 amide bonds. The largest absolute Gasteiger partial charge is 0.465 e. The summed E-state index contributed by atoms with van der Waals surface area (Å²) in [5.74, 6) is -2.23. The molecule has 5 nitrogen and oxygen atoms in total. The normalized spacial score (nSPS) is 10.7. The van der Waals surface area contributed by atoms with E-state index in [1.807, 2.05) is 0 Å².